The van der Waals surface area contributed by atoms with Gasteiger partial charge in [-0.25, -0.2) is 9.97 Å². The van der Waals surface area contributed by atoms with Gasteiger partial charge in [-0.3, -0.25) is 9.89 Å². The molecule has 0 aliphatic heterocycles. The first-order valence-electron chi connectivity index (χ1n) is 4.76. The Bertz CT molecular complexity index is 499. The number of carbonyl (C=O) groups is 1. The molecule has 2 N–H and O–H groups in total. The third kappa shape index (κ3) is 2.48. The normalized spacial score (nSPS) is 10.8. The lowest BCUT2D eigenvalue weighted by molar-refractivity contribution is -0.137. The highest BCUT2D eigenvalue weighted by Crippen LogP contribution is 2.23. The molecule has 0 spiro atoms. The lowest BCUT2D eigenvalue weighted by Crippen LogP contribution is -1.95. The van der Waals surface area contributed by atoms with Gasteiger partial charge in [-0.05, 0) is 6.42 Å². The summed E-state index contributed by atoms with van der Waals surface area (Å²) < 4.78 is 0. The van der Waals surface area contributed by atoms with Crippen molar-refractivity contribution in [3.05, 3.63) is 12.5 Å². The van der Waals surface area contributed by atoms with E-state index < -0.39 is 5.97 Å². The molecule has 0 aliphatic carbocycles. The van der Waals surface area contributed by atoms with Crippen LogP contribution in [0.2, 0.25) is 0 Å². The van der Waals surface area contributed by atoms with Gasteiger partial charge in [0.2, 0.25) is 0 Å². The minimum Gasteiger partial charge on any atom is -0.481 e. The number of aromatic nitrogens is 4. The van der Waals surface area contributed by atoms with E-state index in [9.17, 15) is 4.79 Å². The molecule has 0 fully saturated rings. The van der Waals surface area contributed by atoms with Crippen LogP contribution in [0, 0.1) is 0 Å². The third-order valence-corrected chi connectivity index (χ3v) is 3.08. The number of nitrogens with one attached hydrogen (secondary N) is 1. The summed E-state index contributed by atoms with van der Waals surface area (Å²) in [6.45, 7) is 0. The van der Waals surface area contributed by atoms with E-state index in [4.69, 9.17) is 5.11 Å². The van der Waals surface area contributed by atoms with E-state index in [1.807, 2.05) is 0 Å². The predicted octanol–water partition coefficient (Wildman–Crippen LogP) is 1.31. The Balaban J connectivity index is 1.98. The molecule has 0 bridgehead atoms. The van der Waals surface area contributed by atoms with Crippen molar-refractivity contribution in [3.8, 4) is 0 Å². The van der Waals surface area contributed by atoms with Crippen molar-refractivity contribution in [1.29, 1.82) is 0 Å². The minimum absolute atomic E-state index is 0.187. The second-order valence-corrected chi connectivity index (χ2v) is 4.24. The molecular weight excluding hydrogens is 228 g/mol. The molecule has 16 heavy (non-hydrogen) atoms. The largest absolute Gasteiger partial charge is 0.481 e. The van der Waals surface area contributed by atoms with Crippen molar-refractivity contribution < 1.29 is 9.90 Å². The summed E-state index contributed by atoms with van der Waals surface area (Å²) in [5.41, 5.74) is 0.704. The van der Waals surface area contributed by atoms with Crippen molar-refractivity contribution in [2.45, 2.75) is 17.9 Å². The summed E-state index contributed by atoms with van der Waals surface area (Å²) >= 11 is 1.52. The maximum absolute atomic E-state index is 10.3. The molecule has 2 aromatic rings. The summed E-state index contributed by atoms with van der Waals surface area (Å²) in [7, 11) is 0. The molecule has 0 unspecified atom stereocenters. The van der Waals surface area contributed by atoms with Crippen LogP contribution in [-0.2, 0) is 4.79 Å². The second-order valence-electron chi connectivity index (χ2n) is 3.16. The number of hydrogen-bond donors (Lipinski definition) is 2. The summed E-state index contributed by atoms with van der Waals surface area (Å²) in [6.07, 6.45) is 3.96. The molecule has 0 aliphatic rings. The average molecular weight is 238 g/mol. The maximum atomic E-state index is 10.3. The van der Waals surface area contributed by atoms with Gasteiger partial charge in [-0.1, -0.05) is 0 Å². The van der Waals surface area contributed by atoms with E-state index in [1.165, 1.54) is 18.1 Å². The molecule has 2 heterocycles. The van der Waals surface area contributed by atoms with Crippen LogP contribution in [-0.4, -0.2) is 37.0 Å². The van der Waals surface area contributed by atoms with Crippen LogP contribution in [0.3, 0.4) is 0 Å². The molecule has 0 atom stereocenters. The lowest BCUT2D eigenvalue weighted by atomic mass is 10.3. The van der Waals surface area contributed by atoms with E-state index in [0.717, 1.165) is 16.2 Å². The topological polar surface area (TPSA) is 91.8 Å². The Labute approximate surface area is 95.5 Å². The fourth-order valence-electron chi connectivity index (χ4n) is 1.25. The molecule has 0 saturated heterocycles. The molecule has 6 nitrogen and oxygen atoms in total. The number of carboxylic acids is 1. The first kappa shape index (κ1) is 10.9. The molecule has 2 aromatic heterocycles. The van der Waals surface area contributed by atoms with Crippen LogP contribution in [0.4, 0.5) is 0 Å². The number of aromatic amines is 1. The van der Waals surface area contributed by atoms with Gasteiger partial charge in [-0.2, -0.15) is 5.10 Å². The van der Waals surface area contributed by atoms with Gasteiger partial charge in [0.25, 0.3) is 0 Å². The summed E-state index contributed by atoms with van der Waals surface area (Å²) in [6, 6.07) is 0. The number of H-pyrrole nitrogens is 1. The number of thioether (sulfide) groups is 1. The maximum Gasteiger partial charge on any atom is 0.303 e. The number of rotatable bonds is 5. The molecule has 2 rings (SSSR count). The fourth-order valence-corrected chi connectivity index (χ4v) is 2.16. The molecule has 0 aromatic carbocycles. The smallest absolute Gasteiger partial charge is 0.303 e. The van der Waals surface area contributed by atoms with Crippen molar-refractivity contribution >= 4 is 28.8 Å². The fraction of sp³-hybridized carbons (Fsp3) is 0.333. The average Bonchev–Trinajstić information content (AvgIpc) is 2.72. The van der Waals surface area contributed by atoms with Crippen LogP contribution in [0.15, 0.2) is 17.6 Å². The number of aliphatic carboxylic acids is 1. The Morgan fingerprint density at radius 1 is 1.50 bits per heavy atom. The van der Waals surface area contributed by atoms with E-state index in [2.05, 4.69) is 20.2 Å². The second kappa shape index (κ2) is 4.93. The monoisotopic (exact) mass is 238 g/mol. The first-order valence-corrected chi connectivity index (χ1v) is 5.74. The van der Waals surface area contributed by atoms with Crippen LogP contribution in [0.25, 0.3) is 11.0 Å². The van der Waals surface area contributed by atoms with Crippen molar-refractivity contribution in [2.75, 3.05) is 5.75 Å². The van der Waals surface area contributed by atoms with Crippen LogP contribution >= 0.6 is 11.8 Å². The van der Waals surface area contributed by atoms with E-state index in [-0.39, 0.29) is 6.42 Å². The molecule has 7 heteroatoms. The van der Waals surface area contributed by atoms with Crippen molar-refractivity contribution in [2.24, 2.45) is 0 Å². The first-order chi connectivity index (χ1) is 7.77. The standard InChI is InChI=1S/C9H10N4O2S/c14-7(15)2-1-3-16-9-6-4-12-13-8(6)10-5-11-9/h4-5H,1-3H2,(H,14,15)(H,10,11,12,13). The Morgan fingerprint density at radius 2 is 2.38 bits per heavy atom. The summed E-state index contributed by atoms with van der Waals surface area (Å²) in [5.74, 6) is -0.0411. The van der Waals surface area contributed by atoms with E-state index in [0.29, 0.717) is 12.1 Å². The number of fused-ring (bicyclic) bond motifs is 1. The van der Waals surface area contributed by atoms with Gasteiger partial charge >= 0.3 is 5.97 Å². The van der Waals surface area contributed by atoms with Crippen LogP contribution < -0.4 is 0 Å². The van der Waals surface area contributed by atoms with Crippen molar-refractivity contribution in [1.82, 2.24) is 20.2 Å². The highest BCUT2D eigenvalue weighted by atomic mass is 32.2. The minimum atomic E-state index is -0.767. The molecule has 84 valence electrons. The van der Waals surface area contributed by atoms with Gasteiger partial charge < -0.3 is 5.11 Å². The Hall–Kier alpha value is -1.63. The molecule has 0 saturated carbocycles. The summed E-state index contributed by atoms with van der Waals surface area (Å²) in [5, 5.41) is 16.9. The van der Waals surface area contributed by atoms with Gasteiger partial charge in [0.05, 0.1) is 11.6 Å². The zero-order valence-corrected chi connectivity index (χ0v) is 9.20. The summed E-state index contributed by atoms with van der Waals surface area (Å²) in [4.78, 5) is 18.5. The predicted molar refractivity (Wildman–Crippen MR) is 59.3 cm³/mol. The van der Waals surface area contributed by atoms with Crippen LogP contribution in [0.5, 0.6) is 0 Å². The van der Waals surface area contributed by atoms with Gasteiger partial charge in [0.15, 0.2) is 5.65 Å². The Morgan fingerprint density at radius 3 is 3.19 bits per heavy atom. The quantitative estimate of drug-likeness (QED) is 0.463. The lowest BCUT2D eigenvalue weighted by Gasteiger charge is -1.99. The van der Waals surface area contributed by atoms with Gasteiger partial charge in [0.1, 0.15) is 11.4 Å². The molecular formula is C9H10N4O2S. The highest BCUT2D eigenvalue weighted by molar-refractivity contribution is 7.99. The SMILES string of the molecule is O=C(O)CCCSc1ncnc2[nH]ncc12. The highest BCUT2D eigenvalue weighted by Gasteiger charge is 2.06. The van der Waals surface area contributed by atoms with E-state index in [1.54, 1.807) is 6.20 Å². The zero-order valence-electron chi connectivity index (χ0n) is 8.38. The van der Waals surface area contributed by atoms with Crippen LogP contribution in [0.1, 0.15) is 12.8 Å². The van der Waals surface area contributed by atoms with E-state index >= 15 is 0 Å². The van der Waals surface area contributed by atoms with Crippen molar-refractivity contribution in [3.63, 3.8) is 0 Å². The van der Waals surface area contributed by atoms with Gasteiger partial charge in [-0.15, -0.1) is 11.8 Å². The Kier molecular flexibility index (Phi) is 3.35. The molecule has 0 radical (unpaired) electrons. The van der Waals surface area contributed by atoms with Gasteiger partial charge in [0, 0.05) is 12.2 Å². The number of hydrogen-bond acceptors (Lipinski definition) is 5. The molecule has 0 amide bonds. The zero-order chi connectivity index (χ0) is 11.4. The number of carboxylic acid groups (broad SMARTS) is 1. The number of nitrogens with zero attached hydrogens (tertiary/aromatic N) is 3. The third-order valence-electron chi connectivity index (χ3n) is 1.99.